The van der Waals surface area contributed by atoms with Crippen LogP contribution in [0, 0.1) is 0 Å². The van der Waals surface area contributed by atoms with Crippen LogP contribution in [0.25, 0.3) is 0 Å². The quantitative estimate of drug-likeness (QED) is 0.766. The molecule has 0 aromatic rings. The monoisotopic (exact) mass is 264 g/mol. The van der Waals surface area contributed by atoms with E-state index in [9.17, 15) is 4.79 Å². The van der Waals surface area contributed by atoms with Crippen molar-refractivity contribution in [2.24, 2.45) is 5.73 Å². The molecule has 3 N–H and O–H groups in total. The van der Waals surface area contributed by atoms with E-state index < -0.39 is 0 Å². The molecule has 1 aliphatic carbocycles. The van der Waals surface area contributed by atoms with Gasteiger partial charge in [-0.3, -0.25) is 4.79 Å². The number of nitrogens with one attached hydrogen (secondary N) is 1. The van der Waals surface area contributed by atoms with E-state index in [1.165, 1.54) is 19.3 Å². The summed E-state index contributed by atoms with van der Waals surface area (Å²) in [5.74, 6) is -0.0925. The minimum absolute atomic E-state index is 0. The maximum Gasteiger partial charge on any atom is 0.233 e. The van der Waals surface area contributed by atoms with Crippen LogP contribution in [0.4, 0.5) is 0 Å². The SMILES string of the molecule is CCCOC1(CNC(=O)CN)CCCCC1.Cl. The van der Waals surface area contributed by atoms with Crippen LogP contribution in [-0.2, 0) is 9.53 Å². The van der Waals surface area contributed by atoms with Crippen molar-refractivity contribution in [1.82, 2.24) is 5.32 Å². The summed E-state index contributed by atoms with van der Waals surface area (Å²) in [6.45, 7) is 3.56. The molecule has 0 heterocycles. The first-order chi connectivity index (χ1) is 7.72. The van der Waals surface area contributed by atoms with E-state index in [2.05, 4.69) is 12.2 Å². The van der Waals surface area contributed by atoms with Gasteiger partial charge in [-0.15, -0.1) is 12.4 Å². The van der Waals surface area contributed by atoms with Crippen molar-refractivity contribution < 1.29 is 9.53 Å². The molecule has 0 atom stereocenters. The van der Waals surface area contributed by atoms with Crippen LogP contribution in [0.2, 0.25) is 0 Å². The van der Waals surface area contributed by atoms with Crippen molar-refractivity contribution in [2.75, 3.05) is 19.7 Å². The van der Waals surface area contributed by atoms with E-state index in [1.54, 1.807) is 0 Å². The zero-order valence-corrected chi connectivity index (χ0v) is 11.5. The number of nitrogens with two attached hydrogens (primary N) is 1. The average Bonchev–Trinajstić information content (AvgIpc) is 2.35. The van der Waals surface area contributed by atoms with Gasteiger partial charge in [0, 0.05) is 13.2 Å². The molecular formula is C12H25ClN2O2. The molecule has 4 nitrogen and oxygen atoms in total. The van der Waals surface area contributed by atoms with E-state index >= 15 is 0 Å². The fourth-order valence-electron chi connectivity index (χ4n) is 2.22. The Labute approximate surface area is 110 Å². The Morgan fingerprint density at radius 2 is 2.00 bits per heavy atom. The van der Waals surface area contributed by atoms with Crippen molar-refractivity contribution in [3.63, 3.8) is 0 Å². The van der Waals surface area contributed by atoms with Gasteiger partial charge in [-0.2, -0.15) is 0 Å². The molecule has 1 amide bonds. The molecule has 0 aliphatic heterocycles. The molecule has 102 valence electrons. The van der Waals surface area contributed by atoms with Gasteiger partial charge in [-0.1, -0.05) is 26.2 Å². The zero-order chi connectivity index (χ0) is 11.9. The van der Waals surface area contributed by atoms with Crippen molar-refractivity contribution in [3.8, 4) is 0 Å². The lowest BCUT2D eigenvalue weighted by Crippen LogP contribution is -2.47. The van der Waals surface area contributed by atoms with Crippen LogP contribution >= 0.6 is 12.4 Å². The molecule has 0 bridgehead atoms. The van der Waals surface area contributed by atoms with Crippen LogP contribution in [0.5, 0.6) is 0 Å². The van der Waals surface area contributed by atoms with E-state index in [-0.39, 0.29) is 30.5 Å². The first-order valence-electron chi connectivity index (χ1n) is 6.33. The number of hydrogen-bond donors (Lipinski definition) is 2. The summed E-state index contributed by atoms with van der Waals surface area (Å²) >= 11 is 0. The second-order valence-corrected chi connectivity index (χ2v) is 4.57. The maximum absolute atomic E-state index is 11.2. The van der Waals surface area contributed by atoms with Gasteiger partial charge in [-0.25, -0.2) is 0 Å². The zero-order valence-electron chi connectivity index (χ0n) is 10.7. The van der Waals surface area contributed by atoms with Crippen molar-refractivity contribution >= 4 is 18.3 Å². The molecule has 1 aliphatic rings. The smallest absolute Gasteiger partial charge is 0.233 e. The van der Waals surface area contributed by atoms with Crippen LogP contribution in [0.3, 0.4) is 0 Å². The predicted octanol–water partition coefficient (Wildman–Crippen LogP) is 1.61. The number of rotatable bonds is 6. The second kappa shape index (κ2) is 8.72. The van der Waals surface area contributed by atoms with E-state index in [0.29, 0.717) is 6.54 Å². The molecule has 17 heavy (non-hydrogen) atoms. The molecule has 1 fully saturated rings. The summed E-state index contributed by atoms with van der Waals surface area (Å²) in [5, 5.41) is 2.86. The fraction of sp³-hybridized carbons (Fsp3) is 0.917. The molecule has 0 aromatic carbocycles. The third-order valence-corrected chi connectivity index (χ3v) is 3.17. The minimum atomic E-state index is -0.126. The van der Waals surface area contributed by atoms with Gasteiger partial charge in [0.05, 0.1) is 12.1 Å². The molecule has 5 heteroatoms. The molecule has 0 unspecified atom stereocenters. The summed E-state index contributed by atoms with van der Waals surface area (Å²) in [4.78, 5) is 11.2. The molecule has 1 saturated carbocycles. The van der Waals surface area contributed by atoms with E-state index in [0.717, 1.165) is 25.9 Å². The van der Waals surface area contributed by atoms with Crippen LogP contribution in [0.1, 0.15) is 45.4 Å². The number of carbonyl (C=O) groups excluding carboxylic acids is 1. The lowest BCUT2D eigenvalue weighted by atomic mass is 9.84. The summed E-state index contributed by atoms with van der Waals surface area (Å²) in [6, 6.07) is 0. The normalized spacial score (nSPS) is 18.2. The lowest BCUT2D eigenvalue weighted by molar-refractivity contribution is -0.123. The Kier molecular flexibility index (Phi) is 8.56. The van der Waals surface area contributed by atoms with Gasteiger partial charge in [0.1, 0.15) is 0 Å². The van der Waals surface area contributed by atoms with Gasteiger partial charge in [-0.05, 0) is 19.3 Å². The van der Waals surface area contributed by atoms with Crippen molar-refractivity contribution in [3.05, 3.63) is 0 Å². The number of amides is 1. The van der Waals surface area contributed by atoms with Crippen molar-refractivity contribution in [1.29, 1.82) is 0 Å². The highest BCUT2D eigenvalue weighted by Crippen LogP contribution is 2.31. The fourth-order valence-corrected chi connectivity index (χ4v) is 2.22. The highest BCUT2D eigenvalue weighted by atomic mass is 35.5. The molecule has 0 radical (unpaired) electrons. The van der Waals surface area contributed by atoms with Crippen molar-refractivity contribution in [2.45, 2.75) is 51.0 Å². The number of hydrogen-bond acceptors (Lipinski definition) is 3. The van der Waals surface area contributed by atoms with Crippen LogP contribution < -0.4 is 11.1 Å². The van der Waals surface area contributed by atoms with Gasteiger partial charge in [0.2, 0.25) is 5.91 Å². The number of carbonyl (C=O) groups is 1. The third-order valence-electron chi connectivity index (χ3n) is 3.17. The van der Waals surface area contributed by atoms with E-state index in [4.69, 9.17) is 10.5 Å². The predicted molar refractivity (Wildman–Crippen MR) is 71.4 cm³/mol. The lowest BCUT2D eigenvalue weighted by Gasteiger charge is -2.37. The minimum Gasteiger partial charge on any atom is -0.373 e. The average molecular weight is 265 g/mol. The van der Waals surface area contributed by atoms with Gasteiger partial charge in [0.25, 0.3) is 0 Å². The highest BCUT2D eigenvalue weighted by molar-refractivity contribution is 5.85. The molecule has 0 saturated heterocycles. The Hall–Kier alpha value is -0.320. The number of ether oxygens (including phenoxy) is 1. The van der Waals surface area contributed by atoms with Gasteiger partial charge in [0.15, 0.2) is 0 Å². The Morgan fingerprint density at radius 3 is 2.53 bits per heavy atom. The Balaban J connectivity index is 0.00000256. The topological polar surface area (TPSA) is 64.3 Å². The first kappa shape index (κ1) is 16.7. The highest BCUT2D eigenvalue weighted by Gasteiger charge is 2.32. The standard InChI is InChI=1S/C12H24N2O2.ClH/c1-2-8-16-12(6-4-3-5-7-12)10-14-11(15)9-13;/h2-10,13H2,1H3,(H,14,15);1H. The second-order valence-electron chi connectivity index (χ2n) is 4.57. The molecule has 1 rings (SSSR count). The summed E-state index contributed by atoms with van der Waals surface area (Å²) in [7, 11) is 0. The number of halogens is 1. The van der Waals surface area contributed by atoms with Gasteiger partial charge >= 0.3 is 0 Å². The Morgan fingerprint density at radius 1 is 1.35 bits per heavy atom. The first-order valence-corrected chi connectivity index (χ1v) is 6.33. The largest absolute Gasteiger partial charge is 0.373 e. The Bertz CT molecular complexity index is 219. The third kappa shape index (κ3) is 5.70. The molecular weight excluding hydrogens is 240 g/mol. The summed E-state index contributed by atoms with van der Waals surface area (Å²) < 4.78 is 5.96. The summed E-state index contributed by atoms with van der Waals surface area (Å²) in [5.41, 5.74) is 5.15. The maximum atomic E-state index is 11.2. The molecule has 0 spiro atoms. The van der Waals surface area contributed by atoms with Crippen LogP contribution in [0.15, 0.2) is 0 Å². The van der Waals surface area contributed by atoms with Crippen LogP contribution in [-0.4, -0.2) is 31.2 Å². The summed E-state index contributed by atoms with van der Waals surface area (Å²) in [6.07, 6.45) is 6.80. The van der Waals surface area contributed by atoms with Gasteiger partial charge < -0.3 is 15.8 Å². The molecule has 0 aromatic heterocycles. The van der Waals surface area contributed by atoms with E-state index in [1.807, 2.05) is 0 Å².